The molecule has 3 rings (SSSR count). The number of aromatic nitrogens is 2. The second kappa shape index (κ2) is 7.04. The Morgan fingerprint density at radius 1 is 1.39 bits per heavy atom. The summed E-state index contributed by atoms with van der Waals surface area (Å²) in [4.78, 5) is 11.9. The van der Waals surface area contributed by atoms with Crippen LogP contribution in [0.3, 0.4) is 0 Å². The zero-order chi connectivity index (χ0) is 16.1. The SMILES string of the molecule is C[C@@H](Cn1cccn1)NC(=O)NC[C@@H]1COc2ccccc2O1. The standard InChI is InChI=1S/C16H20N4O3/c1-12(10-20-8-4-7-18-20)19-16(21)17-9-13-11-22-14-5-2-3-6-15(14)23-13/h2-8,12-13H,9-11H2,1H3,(H2,17,19,21)/t12-,13+/m0/s1. The van der Waals surface area contributed by atoms with Crippen molar-refractivity contribution in [3.8, 4) is 11.5 Å². The summed E-state index contributed by atoms with van der Waals surface area (Å²) in [5.74, 6) is 1.44. The van der Waals surface area contributed by atoms with Crippen LogP contribution in [0.1, 0.15) is 6.92 Å². The van der Waals surface area contributed by atoms with E-state index in [1.54, 1.807) is 10.9 Å². The van der Waals surface area contributed by atoms with E-state index in [1.165, 1.54) is 0 Å². The van der Waals surface area contributed by atoms with E-state index in [2.05, 4.69) is 15.7 Å². The Kier molecular flexibility index (Phi) is 4.65. The first kappa shape index (κ1) is 15.2. The second-order valence-corrected chi connectivity index (χ2v) is 5.48. The van der Waals surface area contributed by atoms with E-state index >= 15 is 0 Å². The molecular weight excluding hydrogens is 296 g/mol. The quantitative estimate of drug-likeness (QED) is 0.874. The number of nitrogens with one attached hydrogen (secondary N) is 2. The van der Waals surface area contributed by atoms with Crippen LogP contribution in [0.15, 0.2) is 42.7 Å². The molecule has 0 radical (unpaired) electrons. The summed E-state index contributed by atoms with van der Waals surface area (Å²) in [6, 6.07) is 9.10. The molecule has 7 heteroatoms. The number of carbonyl (C=O) groups excluding carboxylic acids is 1. The van der Waals surface area contributed by atoms with Gasteiger partial charge in [-0.1, -0.05) is 12.1 Å². The number of urea groups is 1. The third-order valence-corrected chi connectivity index (χ3v) is 3.46. The first-order valence-corrected chi connectivity index (χ1v) is 7.61. The van der Waals surface area contributed by atoms with Crippen LogP contribution >= 0.6 is 0 Å². The summed E-state index contributed by atoms with van der Waals surface area (Å²) in [5.41, 5.74) is 0. The first-order chi connectivity index (χ1) is 11.2. The average molecular weight is 316 g/mol. The normalized spacial score (nSPS) is 17.3. The minimum Gasteiger partial charge on any atom is -0.486 e. The van der Waals surface area contributed by atoms with Gasteiger partial charge in [0.15, 0.2) is 17.6 Å². The van der Waals surface area contributed by atoms with E-state index in [0.29, 0.717) is 25.4 Å². The highest BCUT2D eigenvalue weighted by molar-refractivity contribution is 5.74. The lowest BCUT2D eigenvalue weighted by Gasteiger charge is -2.26. The molecule has 0 saturated carbocycles. The average Bonchev–Trinajstić information content (AvgIpc) is 3.05. The minimum atomic E-state index is -0.230. The molecule has 0 bridgehead atoms. The molecule has 2 amide bonds. The molecule has 0 spiro atoms. The van der Waals surface area contributed by atoms with Gasteiger partial charge in [0, 0.05) is 18.4 Å². The molecule has 1 aliphatic rings. The van der Waals surface area contributed by atoms with Crippen molar-refractivity contribution in [1.82, 2.24) is 20.4 Å². The van der Waals surface area contributed by atoms with Gasteiger partial charge in [-0.2, -0.15) is 5.10 Å². The molecule has 0 saturated heterocycles. The molecule has 23 heavy (non-hydrogen) atoms. The molecule has 1 aromatic heterocycles. The van der Waals surface area contributed by atoms with Gasteiger partial charge in [0.25, 0.3) is 0 Å². The van der Waals surface area contributed by atoms with Crippen LogP contribution in [-0.4, -0.2) is 41.1 Å². The Hall–Kier alpha value is -2.70. The molecule has 0 unspecified atom stereocenters. The van der Waals surface area contributed by atoms with Crippen LogP contribution in [0, 0.1) is 0 Å². The first-order valence-electron chi connectivity index (χ1n) is 7.61. The fourth-order valence-corrected chi connectivity index (χ4v) is 2.38. The topological polar surface area (TPSA) is 77.4 Å². The number of hydrogen-bond acceptors (Lipinski definition) is 4. The predicted molar refractivity (Wildman–Crippen MR) is 84.6 cm³/mol. The zero-order valence-corrected chi connectivity index (χ0v) is 12.9. The Morgan fingerprint density at radius 2 is 2.22 bits per heavy atom. The summed E-state index contributed by atoms with van der Waals surface area (Å²) in [7, 11) is 0. The molecule has 2 N–H and O–H groups in total. The van der Waals surface area contributed by atoms with Gasteiger partial charge in [-0.05, 0) is 25.1 Å². The zero-order valence-electron chi connectivity index (χ0n) is 12.9. The van der Waals surface area contributed by atoms with Crippen molar-refractivity contribution < 1.29 is 14.3 Å². The largest absolute Gasteiger partial charge is 0.486 e. The molecule has 2 heterocycles. The fourth-order valence-electron chi connectivity index (χ4n) is 2.38. The smallest absolute Gasteiger partial charge is 0.315 e. The maximum absolute atomic E-state index is 11.9. The van der Waals surface area contributed by atoms with Crippen molar-refractivity contribution in [3.05, 3.63) is 42.7 Å². The van der Waals surface area contributed by atoms with Crippen LogP contribution < -0.4 is 20.1 Å². The van der Waals surface area contributed by atoms with E-state index in [1.807, 2.05) is 43.5 Å². The van der Waals surface area contributed by atoms with Crippen LogP contribution in [0.25, 0.3) is 0 Å². The van der Waals surface area contributed by atoms with E-state index < -0.39 is 0 Å². The number of para-hydroxylation sites is 2. The number of ether oxygens (including phenoxy) is 2. The summed E-state index contributed by atoms with van der Waals surface area (Å²) in [6.45, 7) is 3.35. The highest BCUT2D eigenvalue weighted by Crippen LogP contribution is 2.30. The summed E-state index contributed by atoms with van der Waals surface area (Å²) >= 11 is 0. The third kappa shape index (κ3) is 4.15. The van der Waals surface area contributed by atoms with Crippen molar-refractivity contribution in [1.29, 1.82) is 0 Å². The summed E-state index contributed by atoms with van der Waals surface area (Å²) < 4.78 is 13.2. The Labute approximate surface area is 134 Å². The molecular formula is C16H20N4O3. The Balaban J connectivity index is 1.41. The Morgan fingerprint density at radius 3 is 3.00 bits per heavy atom. The van der Waals surface area contributed by atoms with Gasteiger partial charge >= 0.3 is 6.03 Å². The number of nitrogens with zero attached hydrogens (tertiary/aromatic N) is 2. The van der Waals surface area contributed by atoms with Crippen LogP contribution in [0.5, 0.6) is 11.5 Å². The van der Waals surface area contributed by atoms with Gasteiger partial charge in [0.2, 0.25) is 0 Å². The van der Waals surface area contributed by atoms with Crippen molar-refractivity contribution in [3.63, 3.8) is 0 Å². The second-order valence-electron chi connectivity index (χ2n) is 5.48. The van der Waals surface area contributed by atoms with Gasteiger partial charge in [-0.15, -0.1) is 0 Å². The lowest BCUT2D eigenvalue weighted by atomic mass is 10.2. The van der Waals surface area contributed by atoms with Gasteiger partial charge in [-0.3, -0.25) is 4.68 Å². The van der Waals surface area contributed by atoms with Crippen LogP contribution in [-0.2, 0) is 6.54 Å². The molecule has 2 aromatic rings. The van der Waals surface area contributed by atoms with Crippen molar-refractivity contribution in [2.24, 2.45) is 0 Å². The molecule has 0 aliphatic carbocycles. The van der Waals surface area contributed by atoms with Gasteiger partial charge < -0.3 is 20.1 Å². The maximum Gasteiger partial charge on any atom is 0.315 e. The predicted octanol–water partition coefficient (Wildman–Crippen LogP) is 1.41. The molecule has 1 aliphatic heterocycles. The molecule has 1 aromatic carbocycles. The summed E-state index contributed by atoms with van der Waals surface area (Å²) in [5, 5.41) is 9.79. The third-order valence-electron chi connectivity index (χ3n) is 3.46. The molecule has 7 nitrogen and oxygen atoms in total. The molecule has 122 valence electrons. The summed E-state index contributed by atoms with van der Waals surface area (Å²) in [6.07, 6.45) is 3.38. The number of fused-ring (bicyclic) bond motifs is 1. The molecule has 2 atom stereocenters. The van der Waals surface area contributed by atoms with E-state index in [0.717, 1.165) is 5.75 Å². The van der Waals surface area contributed by atoms with Gasteiger partial charge in [0.05, 0.1) is 13.1 Å². The lowest BCUT2D eigenvalue weighted by Crippen LogP contribution is -2.47. The van der Waals surface area contributed by atoms with E-state index in [4.69, 9.17) is 9.47 Å². The number of amides is 2. The fraction of sp³-hybridized carbons (Fsp3) is 0.375. The lowest BCUT2D eigenvalue weighted by molar-refractivity contribution is 0.0917. The van der Waals surface area contributed by atoms with Gasteiger partial charge in [-0.25, -0.2) is 4.79 Å². The van der Waals surface area contributed by atoms with Crippen LogP contribution in [0.4, 0.5) is 4.79 Å². The number of benzene rings is 1. The highest BCUT2D eigenvalue weighted by Gasteiger charge is 2.21. The number of rotatable bonds is 5. The van der Waals surface area contributed by atoms with Crippen molar-refractivity contribution >= 4 is 6.03 Å². The molecule has 0 fully saturated rings. The van der Waals surface area contributed by atoms with Crippen LogP contribution in [0.2, 0.25) is 0 Å². The van der Waals surface area contributed by atoms with Crippen molar-refractivity contribution in [2.75, 3.05) is 13.2 Å². The van der Waals surface area contributed by atoms with Gasteiger partial charge in [0.1, 0.15) is 6.61 Å². The Bertz CT molecular complexity index is 645. The minimum absolute atomic E-state index is 0.0286. The maximum atomic E-state index is 11.9. The van der Waals surface area contributed by atoms with E-state index in [-0.39, 0.29) is 18.2 Å². The number of carbonyl (C=O) groups is 1. The number of hydrogen-bond donors (Lipinski definition) is 2. The van der Waals surface area contributed by atoms with E-state index in [9.17, 15) is 4.79 Å². The van der Waals surface area contributed by atoms with Crippen molar-refractivity contribution in [2.45, 2.75) is 25.6 Å². The highest BCUT2D eigenvalue weighted by atomic mass is 16.6. The monoisotopic (exact) mass is 316 g/mol.